The van der Waals surface area contributed by atoms with Crippen molar-refractivity contribution in [3.8, 4) is 0 Å². The van der Waals surface area contributed by atoms with Crippen LogP contribution in [-0.4, -0.2) is 23.6 Å². The molecule has 0 atom stereocenters. The number of fused-ring (bicyclic) bond motifs is 1. The largest absolute Gasteiger partial charge is 0.462 e. The van der Waals surface area contributed by atoms with Crippen LogP contribution in [0, 0.1) is 0 Å². The fourth-order valence-corrected chi connectivity index (χ4v) is 3.09. The second kappa shape index (κ2) is 9.10. The Balaban J connectivity index is 1.58. The first-order valence-corrected chi connectivity index (χ1v) is 9.32. The third-order valence-corrected chi connectivity index (χ3v) is 4.34. The van der Waals surface area contributed by atoms with E-state index in [1.165, 1.54) is 0 Å². The molecule has 0 fully saturated rings. The van der Waals surface area contributed by atoms with Gasteiger partial charge in [-0.2, -0.15) is 0 Å². The molecule has 0 heterocycles. The zero-order chi connectivity index (χ0) is 19.9. The monoisotopic (exact) mass is 392 g/mol. The van der Waals surface area contributed by atoms with Gasteiger partial charge in [0.05, 0.1) is 18.6 Å². The SMILES string of the molecule is CCOC(=O)c1ccc(NC(=S)NC(=O)Cc2cccc3ccccc23)cc1. The van der Waals surface area contributed by atoms with Crippen LogP contribution in [0.2, 0.25) is 0 Å². The van der Waals surface area contributed by atoms with Crippen LogP contribution < -0.4 is 10.6 Å². The van der Waals surface area contributed by atoms with Crippen LogP contribution in [0.5, 0.6) is 0 Å². The molecule has 0 unspecified atom stereocenters. The van der Waals surface area contributed by atoms with Crippen LogP contribution in [0.4, 0.5) is 5.69 Å². The predicted octanol–water partition coefficient (Wildman–Crippen LogP) is 4.07. The lowest BCUT2D eigenvalue weighted by Gasteiger charge is -2.11. The molecular formula is C22H20N2O3S. The van der Waals surface area contributed by atoms with E-state index >= 15 is 0 Å². The highest BCUT2D eigenvalue weighted by Crippen LogP contribution is 2.19. The highest BCUT2D eigenvalue weighted by Gasteiger charge is 2.10. The van der Waals surface area contributed by atoms with Gasteiger partial charge in [-0.3, -0.25) is 4.79 Å². The molecule has 3 aromatic rings. The van der Waals surface area contributed by atoms with Crippen molar-refractivity contribution in [1.82, 2.24) is 5.32 Å². The Labute approximate surface area is 168 Å². The molecule has 1 amide bonds. The van der Waals surface area contributed by atoms with E-state index < -0.39 is 0 Å². The van der Waals surface area contributed by atoms with Gasteiger partial charge in [0.25, 0.3) is 0 Å². The zero-order valence-electron chi connectivity index (χ0n) is 15.4. The third kappa shape index (κ3) is 4.92. The first kappa shape index (κ1) is 19.5. The van der Waals surface area contributed by atoms with Crippen LogP contribution in [0.25, 0.3) is 10.8 Å². The molecule has 0 aliphatic heterocycles. The summed E-state index contributed by atoms with van der Waals surface area (Å²) in [6.45, 7) is 2.08. The third-order valence-electron chi connectivity index (χ3n) is 4.14. The molecule has 6 heteroatoms. The molecule has 2 N–H and O–H groups in total. The van der Waals surface area contributed by atoms with Crippen molar-refractivity contribution < 1.29 is 14.3 Å². The quantitative estimate of drug-likeness (QED) is 0.506. The summed E-state index contributed by atoms with van der Waals surface area (Å²) in [6, 6.07) is 20.5. The second-order valence-electron chi connectivity index (χ2n) is 6.12. The summed E-state index contributed by atoms with van der Waals surface area (Å²) < 4.78 is 4.95. The van der Waals surface area contributed by atoms with E-state index in [4.69, 9.17) is 17.0 Å². The lowest BCUT2D eigenvalue weighted by atomic mass is 10.0. The maximum atomic E-state index is 12.4. The molecule has 5 nitrogen and oxygen atoms in total. The summed E-state index contributed by atoms with van der Waals surface area (Å²) in [4.78, 5) is 24.0. The summed E-state index contributed by atoms with van der Waals surface area (Å²) in [5, 5.41) is 7.98. The van der Waals surface area contributed by atoms with Gasteiger partial charge >= 0.3 is 5.97 Å². The first-order valence-electron chi connectivity index (χ1n) is 8.91. The molecule has 0 aliphatic carbocycles. The molecule has 0 radical (unpaired) electrons. The lowest BCUT2D eigenvalue weighted by Crippen LogP contribution is -2.35. The van der Waals surface area contributed by atoms with Crippen molar-refractivity contribution in [1.29, 1.82) is 0 Å². The normalized spacial score (nSPS) is 10.3. The number of carbonyl (C=O) groups excluding carboxylic acids is 2. The molecule has 0 spiro atoms. The smallest absolute Gasteiger partial charge is 0.338 e. The Morgan fingerprint density at radius 1 is 0.964 bits per heavy atom. The molecule has 0 saturated heterocycles. The molecular weight excluding hydrogens is 372 g/mol. The molecule has 28 heavy (non-hydrogen) atoms. The van der Waals surface area contributed by atoms with Crippen molar-refractivity contribution in [2.24, 2.45) is 0 Å². The van der Waals surface area contributed by atoms with Gasteiger partial charge in [-0.1, -0.05) is 42.5 Å². The van der Waals surface area contributed by atoms with Crippen LogP contribution in [0.1, 0.15) is 22.8 Å². The Morgan fingerprint density at radius 2 is 1.68 bits per heavy atom. The van der Waals surface area contributed by atoms with Crippen molar-refractivity contribution in [3.63, 3.8) is 0 Å². The number of amides is 1. The molecule has 0 saturated carbocycles. The van der Waals surface area contributed by atoms with Gasteiger partial charge in [-0.05, 0) is 59.7 Å². The maximum Gasteiger partial charge on any atom is 0.338 e. The van der Waals surface area contributed by atoms with E-state index in [9.17, 15) is 9.59 Å². The Morgan fingerprint density at radius 3 is 2.43 bits per heavy atom. The summed E-state index contributed by atoms with van der Waals surface area (Å²) in [5.74, 6) is -0.572. The molecule has 3 aromatic carbocycles. The first-order chi connectivity index (χ1) is 13.6. The highest BCUT2D eigenvalue weighted by atomic mass is 32.1. The molecule has 3 rings (SSSR count). The van der Waals surface area contributed by atoms with Gasteiger partial charge in [0, 0.05) is 5.69 Å². The Hall–Kier alpha value is -3.25. The molecule has 0 aromatic heterocycles. The van der Waals surface area contributed by atoms with Gasteiger partial charge in [0.2, 0.25) is 5.91 Å². The van der Waals surface area contributed by atoms with E-state index in [1.54, 1.807) is 31.2 Å². The van der Waals surface area contributed by atoms with Crippen LogP contribution in [0.15, 0.2) is 66.7 Å². The van der Waals surface area contributed by atoms with Gasteiger partial charge in [-0.25, -0.2) is 4.79 Å². The number of hydrogen-bond acceptors (Lipinski definition) is 4. The average Bonchev–Trinajstić information content (AvgIpc) is 2.69. The summed E-state index contributed by atoms with van der Waals surface area (Å²) >= 11 is 5.22. The highest BCUT2D eigenvalue weighted by molar-refractivity contribution is 7.80. The van der Waals surface area contributed by atoms with Crippen molar-refractivity contribution in [2.45, 2.75) is 13.3 Å². The van der Waals surface area contributed by atoms with Crippen molar-refractivity contribution >= 4 is 45.7 Å². The Kier molecular flexibility index (Phi) is 6.34. The molecule has 142 valence electrons. The van der Waals surface area contributed by atoms with E-state index in [0.717, 1.165) is 16.3 Å². The second-order valence-corrected chi connectivity index (χ2v) is 6.52. The van der Waals surface area contributed by atoms with Crippen LogP contribution in [-0.2, 0) is 16.0 Å². The van der Waals surface area contributed by atoms with Crippen LogP contribution in [0.3, 0.4) is 0 Å². The summed E-state index contributed by atoms with van der Waals surface area (Å²) in [5.41, 5.74) is 2.07. The molecule has 0 bridgehead atoms. The number of carbonyl (C=O) groups is 2. The fraction of sp³-hybridized carbons (Fsp3) is 0.136. The van der Waals surface area contributed by atoms with E-state index in [2.05, 4.69) is 10.6 Å². The van der Waals surface area contributed by atoms with Crippen molar-refractivity contribution in [3.05, 3.63) is 77.9 Å². The van der Waals surface area contributed by atoms with Gasteiger partial charge < -0.3 is 15.4 Å². The van der Waals surface area contributed by atoms with Gasteiger partial charge in [-0.15, -0.1) is 0 Å². The fourth-order valence-electron chi connectivity index (χ4n) is 2.86. The number of hydrogen-bond donors (Lipinski definition) is 2. The van der Waals surface area contributed by atoms with Crippen molar-refractivity contribution in [2.75, 3.05) is 11.9 Å². The summed E-state index contributed by atoms with van der Waals surface area (Å²) in [7, 11) is 0. The number of thiocarbonyl (C=S) groups is 1. The number of nitrogens with one attached hydrogen (secondary N) is 2. The standard InChI is InChI=1S/C22H20N2O3S/c1-2-27-21(26)16-10-12-18(13-11-16)23-22(28)24-20(25)14-17-8-5-7-15-6-3-4-9-19(15)17/h3-13H,2,14H2,1H3,(H2,23,24,25,28). The number of rotatable bonds is 5. The number of ether oxygens (including phenoxy) is 1. The molecule has 0 aliphatic rings. The predicted molar refractivity (Wildman–Crippen MR) is 114 cm³/mol. The number of esters is 1. The average molecular weight is 392 g/mol. The minimum absolute atomic E-state index is 0.197. The summed E-state index contributed by atoms with van der Waals surface area (Å²) in [6.07, 6.45) is 0.227. The maximum absolute atomic E-state index is 12.4. The van der Waals surface area contributed by atoms with Gasteiger partial charge in [0.1, 0.15) is 0 Å². The Bertz CT molecular complexity index is 1010. The van der Waals surface area contributed by atoms with E-state index in [1.807, 2.05) is 42.5 Å². The lowest BCUT2D eigenvalue weighted by molar-refractivity contribution is -0.119. The minimum atomic E-state index is -0.375. The zero-order valence-corrected chi connectivity index (χ0v) is 16.2. The minimum Gasteiger partial charge on any atom is -0.462 e. The number of benzene rings is 3. The number of anilines is 1. The topological polar surface area (TPSA) is 67.4 Å². The van der Waals surface area contributed by atoms with Crippen LogP contribution >= 0.6 is 12.2 Å². The van der Waals surface area contributed by atoms with Gasteiger partial charge in [0.15, 0.2) is 5.11 Å². The van der Waals surface area contributed by atoms with E-state index in [0.29, 0.717) is 17.9 Å². The van der Waals surface area contributed by atoms with E-state index in [-0.39, 0.29) is 23.4 Å².